The lowest BCUT2D eigenvalue weighted by atomic mass is 10.0. The second-order valence-corrected chi connectivity index (χ2v) is 6.40. The smallest absolute Gasteiger partial charge is 0.239 e. The number of amides is 2. The van der Waals surface area contributed by atoms with Crippen LogP contribution in [0.5, 0.6) is 0 Å². The molecule has 1 heterocycles. The van der Waals surface area contributed by atoms with Crippen LogP contribution in [0.1, 0.15) is 34.1 Å². The van der Waals surface area contributed by atoms with Gasteiger partial charge in [-0.25, -0.2) is 0 Å². The monoisotopic (exact) mass is 384 g/mol. The lowest BCUT2D eigenvalue weighted by molar-refractivity contribution is -0.141. The van der Waals surface area contributed by atoms with Gasteiger partial charge in [0.25, 0.3) is 0 Å². The number of likely N-dealkylation sites (N-methyl/N-ethyl adjacent to an activating group) is 1. The Morgan fingerprint density at radius 3 is 1.88 bits per heavy atom. The Kier molecular flexibility index (Phi) is 13.6. The molecule has 0 aromatic rings. The number of hydrogen-bond acceptors (Lipinski definition) is 4. The minimum atomic E-state index is -0.419. The van der Waals surface area contributed by atoms with E-state index in [1.807, 2.05) is 4.90 Å². The lowest BCUT2D eigenvalue weighted by Crippen LogP contribution is -2.55. The van der Waals surface area contributed by atoms with Gasteiger partial charge in [-0.05, 0) is 25.4 Å². The summed E-state index contributed by atoms with van der Waals surface area (Å²) >= 11 is 0. The van der Waals surface area contributed by atoms with Gasteiger partial charge in [0, 0.05) is 26.2 Å². The Balaban J connectivity index is 0. The van der Waals surface area contributed by atoms with Gasteiger partial charge in [-0.15, -0.1) is 24.8 Å². The average molecular weight is 385 g/mol. The van der Waals surface area contributed by atoms with Crippen LogP contribution in [0.4, 0.5) is 0 Å². The van der Waals surface area contributed by atoms with E-state index in [0.29, 0.717) is 45.1 Å². The predicted molar refractivity (Wildman–Crippen MR) is 103 cm³/mol. The quantitative estimate of drug-likeness (QED) is 0.716. The fourth-order valence-corrected chi connectivity index (χ4v) is 2.76. The van der Waals surface area contributed by atoms with Crippen molar-refractivity contribution in [1.82, 2.24) is 14.7 Å². The van der Waals surface area contributed by atoms with E-state index < -0.39 is 6.04 Å². The number of nitrogens with two attached hydrogens (primary N) is 1. The van der Waals surface area contributed by atoms with Gasteiger partial charge in [0.05, 0.1) is 12.6 Å². The Labute approximate surface area is 158 Å². The summed E-state index contributed by atoms with van der Waals surface area (Å²) in [5, 5.41) is 0. The van der Waals surface area contributed by atoms with Crippen molar-refractivity contribution in [2.75, 3.05) is 45.8 Å². The van der Waals surface area contributed by atoms with Crippen molar-refractivity contribution < 1.29 is 9.59 Å². The first kappa shape index (κ1) is 25.7. The maximum absolute atomic E-state index is 12.3. The third-order valence-electron chi connectivity index (χ3n) is 4.24. The molecule has 24 heavy (non-hydrogen) atoms. The second kappa shape index (κ2) is 12.8. The van der Waals surface area contributed by atoms with Crippen molar-refractivity contribution in [3.63, 3.8) is 0 Å². The zero-order chi connectivity index (χ0) is 16.7. The minimum absolute atomic E-state index is 0. The summed E-state index contributed by atoms with van der Waals surface area (Å²) in [5.41, 5.74) is 5.97. The molecule has 1 aliphatic heterocycles. The van der Waals surface area contributed by atoms with Crippen molar-refractivity contribution in [1.29, 1.82) is 0 Å². The van der Waals surface area contributed by atoms with E-state index in [9.17, 15) is 9.59 Å². The highest BCUT2D eigenvalue weighted by Gasteiger charge is 2.27. The van der Waals surface area contributed by atoms with Crippen molar-refractivity contribution in [3.05, 3.63) is 0 Å². The molecule has 0 aliphatic carbocycles. The van der Waals surface area contributed by atoms with Gasteiger partial charge in [0.1, 0.15) is 0 Å². The third kappa shape index (κ3) is 8.01. The number of halogens is 2. The zero-order valence-electron chi connectivity index (χ0n) is 15.4. The van der Waals surface area contributed by atoms with Crippen LogP contribution in [-0.2, 0) is 9.59 Å². The van der Waals surface area contributed by atoms with E-state index in [0.717, 1.165) is 13.1 Å². The van der Waals surface area contributed by atoms with E-state index >= 15 is 0 Å². The van der Waals surface area contributed by atoms with Crippen LogP contribution in [0.15, 0.2) is 0 Å². The molecule has 0 aromatic heterocycles. The van der Waals surface area contributed by atoms with Gasteiger partial charge in [-0.3, -0.25) is 14.5 Å². The van der Waals surface area contributed by atoms with Crippen LogP contribution in [0.2, 0.25) is 0 Å². The molecule has 0 spiro atoms. The molecule has 8 heteroatoms. The van der Waals surface area contributed by atoms with Gasteiger partial charge in [0.2, 0.25) is 11.8 Å². The van der Waals surface area contributed by atoms with Crippen LogP contribution < -0.4 is 5.73 Å². The number of carbonyl (C=O) groups is 2. The van der Waals surface area contributed by atoms with E-state index in [-0.39, 0.29) is 36.6 Å². The normalized spacial score (nSPS) is 15.8. The summed E-state index contributed by atoms with van der Waals surface area (Å²) in [7, 11) is 0. The molecular formula is C16H34Cl2N4O2. The van der Waals surface area contributed by atoms with Crippen molar-refractivity contribution in [2.45, 2.75) is 40.2 Å². The molecule has 0 unspecified atom stereocenters. The van der Waals surface area contributed by atoms with Gasteiger partial charge >= 0.3 is 0 Å². The van der Waals surface area contributed by atoms with E-state index in [4.69, 9.17) is 5.73 Å². The van der Waals surface area contributed by atoms with E-state index in [2.05, 4.69) is 32.6 Å². The Bertz CT molecular complexity index is 371. The summed E-state index contributed by atoms with van der Waals surface area (Å²) in [4.78, 5) is 30.3. The summed E-state index contributed by atoms with van der Waals surface area (Å²) < 4.78 is 0. The van der Waals surface area contributed by atoms with Gasteiger partial charge in [-0.2, -0.15) is 0 Å². The number of rotatable bonds is 7. The molecule has 0 radical (unpaired) electrons. The highest BCUT2D eigenvalue weighted by molar-refractivity contribution is 5.85. The van der Waals surface area contributed by atoms with Gasteiger partial charge in [-0.1, -0.05) is 27.7 Å². The Hall–Kier alpha value is -0.560. The molecular weight excluding hydrogens is 351 g/mol. The maximum Gasteiger partial charge on any atom is 0.239 e. The highest BCUT2D eigenvalue weighted by atomic mass is 35.5. The van der Waals surface area contributed by atoms with Crippen LogP contribution in [-0.4, -0.2) is 78.4 Å². The lowest BCUT2D eigenvalue weighted by Gasteiger charge is -2.36. The van der Waals surface area contributed by atoms with E-state index in [1.54, 1.807) is 4.90 Å². The van der Waals surface area contributed by atoms with Crippen LogP contribution in [0, 0.1) is 5.92 Å². The van der Waals surface area contributed by atoms with Crippen molar-refractivity contribution in [2.24, 2.45) is 11.7 Å². The summed E-state index contributed by atoms with van der Waals surface area (Å²) in [6.45, 7) is 12.9. The molecule has 1 rings (SSSR count). The number of piperazine rings is 1. The molecule has 1 fully saturated rings. The van der Waals surface area contributed by atoms with Crippen molar-refractivity contribution in [3.8, 4) is 0 Å². The molecule has 6 nitrogen and oxygen atoms in total. The molecule has 1 saturated heterocycles. The first-order valence-corrected chi connectivity index (χ1v) is 8.43. The van der Waals surface area contributed by atoms with Gasteiger partial charge < -0.3 is 15.5 Å². The fourth-order valence-electron chi connectivity index (χ4n) is 2.76. The number of nitrogens with zero attached hydrogens (tertiary/aromatic N) is 3. The third-order valence-corrected chi connectivity index (χ3v) is 4.24. The average Bonchev–Trinajstić information content (AvgIpc) is 2.51. The van der Waals surface area contributed by atoms with E-state index in [1.165, 1.54) is 0 Å². The Morgan fingerprint density at radius 1 is 1.00 bits per heavy atom. The van der Waals surface area contributed by atoms with Gasteiger partial charge in [0.15, 0.2) is 0 Å². The highest BCUT2D eigenvalue weighted by Crippen LogP contribution is 2.09. The first-order chi connectivity index (χ1) is 10.4. The largest absolute Gasteiger partial charge is 0.338 e. The molecule has 2 N–H and O–H groups in total. The second-order valence-electron chi connectivity index (χ2n) is 6.40. The molecule has 1 atom stereocenters. The standard InChI is InChI=1S/C16H32N4O2.2ClH/c1-5-18(6-2)12-15(21)19-7-9-20(10-8-19)16(22)14(17)11-13(3)4;;/h13-14H,5-12,17H2,1-4H3;2*1H/t14-;;/m0../s1. The van der Waals surface area contributed by atoms with Crippen molar-refractivity contribution >= 4 is 36.6 Å². The molecule has 0 bridgehead atoms. The summed E-state index contributed by atoms with van der Waals surface area (Å²) in [6.07, 6.45) is 0.708. The van der Waals surface area contributed by atoms with Crippen LogP contribution in [0.25, 0.3) is 0 Å². The Morgan fingerprint density at radius 2 is 1.46 bits per heavy atom. The zero-order valence-corrected chi connectivity index (χ0v) is 17.0. The SMILES string of the molecule is CCN(CC)CC(=O)N1CCN(C(=O)[C@@H](N)CC(C)C)CC1.Cl.Cl. The van der Waals surface area contributed by atoms with Crippen LogP contribution >= 0.6 is 24.8 Å². The first-order valence-electron chi connectivity index (χ1n) is 8.43. The molecule has 0 saturated carbocycles. The predicted octanol–water partition coefficient (Wildman–Crippen LogP) is 1.22. The topological polar surface area (TPSA) is 69.9 Å². The maximum atomic E-state index is 12.3. The fraction of sp³-hybridized carbons (Fsp3) is 0.875. The molecule has 0 aromatic carbocycles. The molecule has 144 valence electrons. The number of carbonyl (C=O) groups excluding carboxylic acids is 2. The summed E-state index contributed by atoms with van der Waals surface area (Å²) in [6, 6.07) is -0.419. The molecule has 2 amide bonds. The van der Waals surface area contributed by atoms with Crippen LogP contribution in [0.3, 0.4) is 0 Å². The summed E-state index contributed by atoms with van der Waals surface area (Å²) in [5.74, 6) is 0.586. The number of hydrogen-bond donors (Lipinski definition) is 1. The minimum Gasteiger partial charge on any atom is -0.338 e. The molecule has 1 aliphatic rings.